The van der Waals surface area contributed by atoms with Gasteiger partial charge >= 0.3 is 0 Å². The van der Waals surface area contributed by atoms with Gasteiger partial charge in [-0.15, -0.1) is 0 Å². The SMILES string of the molecule is CNN=C(c1nc2ccc(Cl)cc2[nH]c1=O)C(O)c1ccc(OC)cc1. The number of H-pyrrole nitrogens is 1. The molecule has 0 aliphatic rings. The molecule has 8 heteroatoms. The normalized spacial score (nSPS) is 12.8. The summed E-state index contributed by atoms with van der Waals surface area (Å²) in [5, 5.41) is 15.3. The zero-order valence-corrected chi connectivity index (χ0v) is 14.9. The van der Waals surface area contributed by atoms with E-state index in [1.54, 1.807) is 56.6 Å². The number of hydrogen-bond donors (Lipinski definition) is 3. The maximum Gasteiger partial charge on any atom is 0.276 e. The second kappa shape index (κ2) is 7.55. The second-order valence-corrected chi connectivity index (χ2v) is 5.91. The fourth-order valence-electron chi connectivity index (χ4n) is 2.54. The minimum Gasteiger partial charge on any atom is -0.497 e. The molecule has 0 saturated carbocycles. The Labute approximate surface area is 154 Å². The van der Waals surface area contributed by atoms with Crippen molar-refractivity contribution < 1.29 is 9.84 Å². The zero-order valence-electron chi connectivity index (χ0n) is 14.2. The molecule has 1 atom stereocenters. The molecule has 0 saturated heterocycles. The molecule has 0 amide bonds. The molecule has 7 nitrogen and oxygen atoms in total. The van der Waals surface area contributed by atoms with Crippen LogP contribution in [0.15, 0.2) is 52.4 Å². The molecule has 1 aromatic heterocycles. The molecule has 134 valence electrons. The van der Waals surface area contributed by atoms with Crippen LogP contribution in [0.2, 0.25) is 5.02 Å². The van der Waals surface area contributed by atoms with Crippen LogP contribution in [0.5, 0.6) is 5.75 Å². The summed E-state index contributed by atoms with van der Waals surface area (Å²) in [6.07, 6.45) is -1.15. The van der Waals surface area contributed by atoms with E-state index in [1.165, 1.54) is 0 Å². The van der Waals surface area contributed by atoms with Gasteiger partial charge in [0.2, 0.25) is 0 Å². The number of benzene rings is 2. The highest BCUT2D eigenvalue weighted by molar-refractivity contribution is 6.31. The first-order valence-electron chi connectivity index (χ1n) is 7.79. The quantitative estimate of drug-likeness (QED) is 0.471. The number of hydrazone groups is 1. The lowest BCUT2D eigenvalue weighted by atomic mass is 10.0. The summed E-state index contributed by atoms with van der Waals surface area (Å²) in [6.45, 7) is 0. The van der Waals surface area contributed by atoms with E-state index in [2.05, 4.69) is 20.5 Å². The summed E-state index contributed by atoms with van der Waals surface area (Å²) in [7, 11) is 3.14. The number of ether oxygens (including phenoxy) is 1. The zero-order chi connectivity index (χ0) is 18.7. The standard InChI is InChI=1S/C18H17ClN4O3/c1-20-23-15(17(24)10-3-6-12(26-2)7-4-10)16-18(25)22-14-9-11(19)5-8-13(14)21-16/h3-9,17,20,24H,1-2H3,(H,22,25). The van der Waals surface area contributed by atoms with Crippen molar-refractivity contribution in [2.45, 2.75) is 6.10 Å². The van der Waals surface area contributed by atoms with Gasteiger partial charge in [0.1, 0.15) is 17.6 Å². The Morgan fingerprint density at radius 3 is 2.69 bits per heavy atom. The molecule has 0 aliphatic carbocycles. The maximum absolute atomic E-state index is 12.5. The summed E-state index contributed by atoms with van der Waals surface area (Å²) in [6, 6.07) is 11.8. The smallest absolute Gasteiger partial charge is 0.276 e. The second-order valence-electron chi connectivity index (χ2n) is 5.47. The lowest BCUT2D eigenvalue weighted by molar-refractivity contribution is 0.246. The van der Waals surface area contributed by atoms with Crippen molar-refractivity contribution in [3.63, 3.8) is 0 Å². The number of aromatic amines is 1. The summed E-state index contributed by atoms with van der Waals surface area (Å²) >= 11 is 5.94. The van der Waals surface area contributed by atoms with Gasteiger partial charge in [-0.05, 0) is 35.9 Å². The van der Waals surface area contributed by atoms with Crippen LogP contribution in [0.3, 0.4) is 0 Å². The molecule has 3 aromatic rings. The molecule has 0 spiro atoms. The third kappa shape index (κ3) is 3.54. The van der Waals surface area contributed by atoms with Gasteiger partial charge in [-0.2, -0.15) is 5.10 Å². The first kappa shape index (κ1) is 17.9. The maximum atomic E-state index is 12.5. The number of nitrogens with one attached hydrogen (secondary N) is 2. The van der Waals surface area contributed by atoms with Crippen LogP contribution < -0.4 is 15.7 Å². The van der Waals surface area contributed by atoms with Gasteiger partial charge in [0.25, 0.3) is 5.56 Å². The van der Waals surface area contributed by atoms with E-state index in [0.717, 1.165) is 0 Å². The molecular formula is C18H17ClN4O3. The first-order valence-corrected chi connectivity index (χ1v) is 8.17. The van der Waals surface area contributed by atoms with Gasteiger partial charge in [0.15, 0.2) is 5.69 Å². The fraction of sp³-hybridized carbons (Fsp3) is 0.167. The minimum absolute atomic E-state index is 0.0255. The Bertz CT molecular complexity index is 1020. The van der Waals surface area contributed by atoms with E-state index < -0.39 is 11.7 Å². The summed E-state index contributed by atoms with van der Waals surface area (Å²) in [5.74, 6) is 0.659. The highest BCUT2D eigenvalue weighted by Gasteiger charge is 2.22. The molecule has 3 rings (SSSR count). The van der Waals surface area contributed by atoms with E-state index >= 15 is 0 Å². The van der Waals surface area contributed by atoms with Gasteiger partial charge in [0.05, 0.1) is 18.1 Å². The molecule has 0 aliphatic heterocycles. The van der Waals surface area contributed by atoms with Gasteiger partial charge in [0, 0.05) is 12.1 Å². The van der Waals surface area contributed by atoms with Crippen LogP contribution in [-0.2, 0) is 0 Å². The topological polar surface area (TPSA) is 99.6 Å². The number of methoxy groups -OCH3 is 1. The highest BCUT2D eigenvalue weighted by Crippen LogP contribution is 2.21. The predicted octanol–water partition coefficient (Wildman–Crippen LogP) is 2.24. The monoisotopic (exact) mass is 372 g/mol. The first-order chi connectivity index (χ1) is 12.5. The van der Waals surface area contributed by atoms with Crippen molar-refractivity contribution >= 4 is 28.3 Å². The lowest BCUT2D eigenvalue weighted by Gasteiger charge is -2.14. The van der Waals surface area contributed by atoms with Gasteiger partial charge < -0.3 is 20.3 Å². The number of halogens is 1. The Morgan fingerprint density at radius 1 is 1.31 bits per heavy atom. The number of aliphatic hydroxyl groups excluding tert-OH is 1. The Morgan fingerprint density at radius 2 is 2.04 bits per heavy atom. The summed E-state index contributed by atoms with van der Waals surface area (Å²) in [4.78, 5) is 19.6. The van der Waals surface area contributed by atoms with Crippen LogP contribution >= 0.6 is 11.6 Å². The average Bonchev–Trinajstić information content (AvgIpc) is 2.65. The van der Waals surface area contributed by atoms with E-state index in [4.69, 9.17) is 16.3 Å². The molecule has 1 unspecified atom stereocenters. The van der Waals surface area contributed by atoms with E-state index in [-0.39, 0.29) is 11.4 Å². The number of aromatic nitrogens is 2. The third-order valence-corrected chi connectivity index (χ3v) is 4.05. The van der Waals surface area contributed by atoms with Crippen molar-refractivity contribution in [2.75, 3.05) is 14.2 Å². The predicted molar refractivity (Wildman–Crippen MR) is 101 cm³/mol. The molecule has 26 heavy (non-hydrogen) atoms. The van der Waals surface area contributed by atoms with Crippen LogP contribution in [0, 0.1) is 0 Å². The van der Waals surface area contributed by atoms with Crippen LogP contribution in [0.4, 0.5) is 0 Å². The largest absolute Gasteiger partial charge is 0.497 e. The molecule has 1 heterocycles. The number of hydrogen-bond acceptors (Lipinski definition) is 6. The third-order valence-electron chi connectivity index (χ3n) is 3.82. The van der Waals surface area contributed by atoms with Crippen molar-refractivity contribution in [1.82, 2.24) is 15.4 Å². The Balaban J connectivity index is 2.08. The molecule has 0 fully saturated rings. The molecular weight excluding hydrogens is 356 g/mol. The van der Waals surface area contributed by atoms with Crippen molar-refractivity contribution in [1.29, 1.82) is 0 Å². The van der Waals surface area contributed by atoms with Gasteiger partial charge in [-0.1, -0.05) is 23.7 Å². The molecule has 0 radical (unpaired) electrons. The molecule has 0 bridgehead atoms. The van der Waals surface area contributed by atoms with Crippen LogP contribution in [-0.4, -0.2) is 34.9 Å². The van der Waals surface area contributed by atoms with Gasteiger partial charge in [-0.25, -0.2) is 4.98 Å². The minimum atomic E-state index is -1.15. The van der Waals surface area contributed by atoms with Crippen LogP contribution in [0.1, 0.15) is 17.4 Å². The van der Waals surface area contributed by atoms with E-state index in [1.807, 2.05) is 0 Å². The summed E-state index contributed by atoms with van der Waals surface area (Å²) in [5.41, 5.74) is 3.87. The Hall–Kier alpha value is -2.90. The molecule has 2 aromatic carbocycles. The lowest BCUT2D eigenvalue weighted by Crippen LogP contribution is -2.27. The van der Waals surface area contributed by atoms with Gasteiger partial charge in [-0.3, -0.25) is 4.79 Å². The average molecular weight is 373 g/mol. The summed E-state index contributed by atoms with van der Waals surface area (Å²) < 4.78 is 5.12. The van der Waals surface area contributed by atoms with Crippen molar-refractivity contribution in [3.05, 3.63) is 69.1 Å². The van der Waals surface area contributed by atoms with Crippen molar-refractivity contribution in [2.24, 2.45) is 5.10 Å². The highest BCUT2D eigenvalue weighted by atomic mass is 35.5. The number of fused-ring (bicyclic) bond motifs is 1. The van der Waals surface area contributed by atoms with E-state index in [0.29, 0.717) is 27.4 Å². The van der Waals surface area contributed by atoms with E-state index in [9.17, 15) is 9.90 Å². The fourth-order valence-corrected chi connectivity index (χ4v) is 2.71. The van der Waals surface area contributed by atoms with Crippen LogP contribution in [0.25, 0.3) is 11.0 Å². The Kier molecular flexibility index (Phi) is 5.20. The number of nitrogens with zero attached hydrogens (tertiary/aromatic N) is 2. The number of rotatable bonds is 5. The number of aliphatic hydroxyl groups is 1. The van der Waals surface area contributed by atoms with Crippen molar-refractivity contribution in [3.8, 4) is 5.75 Å². The molecule has 3 N–H and O–H groups in total.